The smallest absolute Gasteiger partial charge is 0.266 e. The highest BCUT2D eigenvalue weighted by Gasteiger charge is 2.32. The number of benzene rings is 2. The molecule has 1 amide bonds. The number of carbonyl (C=O) groups excluding carboxylic acids is 1. The Hall–Kier alpha value is -2.24. The van der Waals surface area contributed by atoms with Gasteiger partial charge >= 0.3 is 0 Å². The molecule has 0 saturated carbocycles. The highest BCUT2D eigenvalue weighted by Crippen LogP contribution is 2.36. The van der Waals surface area contributed by atoms with Gasteiger partial charge in [-0.3, -0.25) is 9.69 Å². The number of nitrogens with zero attached hydrogens (tertiary/aromatic N) is 2. The van der Waals surface area contributed by atoms with E-state index in [1.165, 1.54) is 11.8 Å². The highest BCUT2D eigenvalue weighted by atomic mass is 35.5. The molecule has 0 atom stereocenters. The lowest BCUT2D eigenvalue weighted by Gasteiger charge is -2.12. The first-order chi connectivity index (χ1) is 13.1. The van der Waals surface area contributed by atoms with Gasteiger partial charge in [-0.15, -0.1) is 0 Å². The number of hydrogen-bond donors (Lipinski definition) is 0. The summed E-state index contributed by atoms with van der Waals surface area (Å²) >= 11 is 7.57. The molecule has 6 heteroatoms. The van der Waals surface area contributed by atoms with Gasteiger partial charge in [0.25, 0.3) is 5.91 Å². The summed E-state index contributed by atoms with van der Waals surface area (Å²) in [6.07, 6.45) is 2.80. The van der Waals surface area contributed by atoms with Crippen molar-refractivity contribution in [1.29, 1.82) is 0 Å². The lowest BCUT2D eigenvalue weighted by Crippen LogP contribution is -2.28. The maximum absolute atomic E-state index is 12.8. The van der Waals surface area contributed by atoms with Crippen LogP contribution in [0, 0.1) is 0 Å². The lowest BCUT2D eigenvalue weighted by atomic mass is 10.2. The van der Waals surface area contributed by atoms with Gasteiger partial charge in [-0.25, -0.2) is 4.99 Å². The molecule has 2 aromatic carbocycles. The van der Waals surface area contributed by atoms with Crippen molar-refractivity contribution in [3.05, 3.63) is 64.0 Å². The normalized spacial score (nSPS) is 17.1. The standard InChI is InChI=1S/C21H21ClN2O2S/c1-3-13-26-18-12-8-5-9-15(18)14-19-20(25)24(4-2)21(27-19)23-17-11-7-6-10-16(17)22/h5-12,14H,3-4,13H2,1-2H3/b19-14+,23-21?. The van der Waals surface area contributed by atoms with E-state index in [0.717, 1.165) is 17.7 Å². The molecule has 1 aliphatic rings. The first kappa shape index (κ1) is 19.5. The minimum atomic E-state index is -0.0569. The van der Waals surface area contributed by atoms with Crippen molar-refractivity contribution in [2.75, 3.05) is 13.2 Å². The summed E-state index contributed by atoms with van der Waals surface area (Å²) < 4.78 is 5.80. The Kier molecular flexibility index (Phi) is 6.58. The third-order valence-corrected chi connectivity index (χ3v) is 5.27. The Morgan fingerprint density at radius 2 is 1.89 bits per heavy atom. The van der Waals surface area contributed by atoms with Crippen LogP contribution in [0.3, 0.4) is 0 Å². The van der Waals surface area contributed by atoms with Crippen LogP contribution in [0.15, 0.2) is 58.4 Å². The Bertz CT molecular complexity index is 895. The van der Waals surface area contributed by atoms with Crippen LogP contribution in [-0.4, -0.2) is 29.1 Å². The van der Waals surface area contributed by atoms with E-state index >= 15 is 0 Å². The second-order valence-electron chi connectivity index (χ2n) is 5.89. The Morgan fingerprint density at radius 3 is 2.63 bits per heavy atom. The van der Waals surface area contributed by atoms with Gasteiger partial charge in [0, 0.05) is 12.1 Å². The first-order valence-corrected chi connectivity index (χ1v) is 10.1. The zero-order chi connectivity index (χ0) is 19.2. The van der Waals surface area contributed by atoms with Crippen molar-refractivity contribution in [2.45, 2.75) is 20.3 Å². The SMILES string of the molecule is CCCOc1ccccc1/C=C1/SC(=Nc2ccccc2Cl)N(CC)C1=O. The molecular weight excluding hydrogens is 380 g/mol. The summed E-state index contributed by atoms with van der Waals surface area (Å²) in [4.78, 5) is 19.7. The van der Waals surface area contributed by atoms with Gasteiger partial charge in [0.15, 0.2) is 5.17 Å². The van der Waals surface area contributed by atoms with Gasteiger partial charge in [-0.2, -0.15) is 0 Å². The third-order valence-electron chi connectivity index (χ3n) is 3.94. The summed E-state index contributed by atoms with van der Waals surface area (Å²) in [7, 11) is 0. The fourth-order valence-corrected chi connectivity index (χ4v) is 3.82. The maximum atomic E-state index is 12.8. The van der Waals surface area contributed by atoms with E-state index < -0.39 is 0 Å². The van der Waals surface area contributed by atoms with Gasteiger partial charge in [0.1, 0.15) is 5.75 Å². The third kappa shape index (κ3) is 4.54. The van der Waals surface area contributed by atoms with Crippen LogP contribution in [0.5, 0.6) is 5.75 Å². The minimum Gasteiger partial charge on any atom is -0.493 e. The van der Waals surface area contributed by atoms with Crippen molar-refractivity contribution < 1.29 is 9.53 Å². The number of likely N-dealkylation sites (N-methyl/N-ethyl adjacent to an activating group) is 1. The molecule has 2 aromatic rings. The van der Waals surface area contributed by atoms with Crippen LogP contribution in [0.4, 0.5) is 5.69 Å². The van der Waals surface area contributed by atoms with E-state index in [2.05, 4.69) is 11.9 Å². The number of carbonyl (C=O) groups is 1. The predicted molar refractivity (Wildman–Crippen MR) is 114 cm³/mol. The number of hydrogen-bond acceptors (Lipinski definition) is 4. The summed E-state index contributed by atoms with van der Waals surface area (Å²) in [6, 6.07) is 15.1. The quantitative estimate of drug-likeness (QED) is 0.579. The molecular formula is C21H21ClN2O2S. The number of aliphatic imine (C=N–C) groups is 1. The van der Waals surface area contributed by atoms with Crippen LogP contribution in [0.2, 0.25) is 5.02 Å². The average Bonchev–Trinajstić information content (AvgIpc) is 2.97. The van der Waals surface area contributed by atoms with Gasteiger partial charge < -0.3 is 4.74 Å². The lowest BCUT2D eigenvalue weighted by molar-refractivity contribution is -0.122. The van der Waals surface area contributed by atoms with Crippen molar-refractivity contribution >= 4 is 46.2 Å². The molecule has 3 rings (SSSR count). The van der Waals surface area contributed by atoms with Crippen LogP contribution in [0.1, 0.15) is 25.8 Å². The number of thioether (sulfide) groups is 1. The molecule has 1 saturated heterocycles. The number of halogens is 1. The second-order valence-corrected chi connectivity index (χ2v) is 7.31. The summed E-state index contributed by atoms with van der Waals surface area (Å²) in [5, 5.41) is 1.19. The zero-order valence-electron chi connectivity index (χ0n) is 15.3. The first-order valence-electron chi connectivity index (χ1n) is 8.90. The molecule has 0 unspecified atom stereocenters. The van der Waals surface area contributed by atoms with E-state index in [-0.39, 0.29) is 5.91 Å². The molecule has 27 heavy (non-hydrogen) atoms. The summed E-state index contributed by atoms with van der Waals surface area (Å²) in [6.45, 7) is 5.18. The Balaban J connectivity index is 1.93. The average molecular weight is 401 g/mol. The molecule has 0 radical (unpaired) electrons. The Morgan fingerprint density at radius 1 is 1.15 bits per heavy atom. The van der Waals surface area contributed by atoms with Crippen LogP contribution < -0.4 is 4.74 Å². The van der Waals surface area contributed by atoms with E-state index in [4.69, 9.17) is 16.3 Å². The Labute approximate surface area is 168 Å². The monoisotopic (exact) mass is 400 g/mol. The number of ether oxygens (including phenoxy) is 1. The molecule has 4 nitrogen and oxygen atoms in total. The number of rotatable bonds is 6. The van der Waals surface area contributed by atoms with Gasteiger partial charge in [0.05, 0.1) is 22.2 Å². The fourth-order valence-electron chi connectivity index (χ4n) is 2.60. The van der Waals surface area contributed by atoms with Gasteiger partial charge in [0.2, 0.25) is 0 Å². The number of amides is 1. The number of para-hydroxylation sites is 2. The zero-order valence-corrected chi connectivity index (χ0v) is 16.9. The highest BCUT2D eigenvalue weighted by molar-refractivity contribution is 8.18. The van der Waals surface area contributed by atoms with Crippen molar-refractivity contribution in [3.8, 4) is 5.75 Å². The summed E-state index contributed by atoms with van der Waals surface area (Å²) in [5.74, 6) is 0.721. The molecule has 0 spiro atoms. The number of amidine groups is 1. The van der Waals surface area contributed by atoms with Crippen molar-refractivity contribution in [3.63, 3.8) is 0 Å². The predicted octanol–water partition coefficient (Wildman–Crippen LogP) is 5.75. The van der Waals surface area contributed by atoms with Crippen LogP contribution >= 0.6 is 23.4 Å². The van der Waals surface area contributed by atoms with Crippen LogP contribution in [-0.2, 0) is 4.79 Å². The van der Waals surface area contributed by atoms with Gasteiger partial charge in [-0.05, 0) is 49.4 Å². The molecule has 0 bridgehead atoms. The molecule has 0 aromatic heterocycles. The van der Waals surface area contributed by atoms with E-state index in [9.17, 15) is 4.79 Å². The molecule has 0 aliphatic carbocycles. The van der Waals surface area contributed by atoms with Gasteiger partial charge in [-0.1, -0.05) is 48.9 Å². The molecule has 1 aliphatic heterocycles. The van der Waals surface area contributed by atoms with E-state index in [0.29, 0.717) is 33.9 Å². The fraction of sp³-hybridized carbons (Fsp3) is 0.238. The van der Waals surface area contributed by atoms with Crippen LogP contribution in [0.25, 0.3) is 6.08 Å². The largest absolute Gasteiger partial charge is 0.493 e. The topological polar surface area (TPSA) is 41.9 Å². The molecule has 1 fully saturated rings. The molecule has 0 N–H and O–H groups in total. The molecule has 1 heterocycles. The van der Waals surface area contributed by atoms with Crippen molar-refractivity contribution in [1.82, 2.24) is 4.90 Å². The van der Waals surface area contributed by atoms with E-state index in [1.807, 2.05) is 55.5 Å². The minimum absolute atomic E-state index is 0.0569. The van der Waals surface area contributed by atoms with E-state index in [1.54, 1.807) is 11.0 Å². The molecule has 140 valence electrons. The van der Waals surface area contributed by atoms with Crippen molar-refractivity contribution in [2.24, 2.45) is 4.99 Å². The maximum Gasteiger partial charge on any atom is 0.266 e. The summed E-state index contributed by atoms with van der Waals surface area (Å²) in [5.41, 5.74) is 1.54. The second kappa shape index (κ2) is 9.11.